The Hall–Kier alpha value is -2.12. The van der Waals surface area contributed by atoms with E-state index in [1.165, 1.54) is 11.3 Å². The molecule has 2 rings (SSSR count). The average Bonchev–Trinajstić information content (AvgIpc) is 2.90. The van der Waals surface area contributed by atoms with Gasteiger partial charge in [0.2, 0.25) is 0 Å². The van der Waals surface area contributed by atoms with Gasteiger partial charge in [-0.2, -0.15) is 0 Å². The summed E-state index contributed by atoms with van der Waals surface area (Å²) in [6, 6.07) is 6.70. The van der Waals surface area contributed by atoms with Crippen molar-refractivity contribution >= 4 is 50.9 Å². The zero-order valence-corrected chi connectivity index (χ0v) is 15.5. The van der Waals surface area contributed by atoms with Gasteiger partial charge in [0.15, 0.2) is 6.61 Å². The van der Waals surface area contributed by atoms with Crippen molar-refractivity contribution < 1.29 is 19.1 Å². The third-order valence-corrected chi connectivity index (χ3v) is 4.97. The number of thiophene rings is 1. The lowest BCUT2D eigenvalue weighted by Gasteiger charge is -2.08. The van der Waals surface area contributed by atoms with Gasteiger partial charge in [-0.15, -0.1) is 11.3 Å². The third kappa shape index (κ3) is 5.44. The first-order valence-electron chi connectivity index (χ1n) is 7.80. The van der Waals surface area contributed by atoms with Crippen LogP contribution in [0.15, 0.2) is 24.3 Å². The minimum Gasteiger partial charge on any atom is -0.451 e. The van der Waals surface area contributed by atoms with E-state index in [0.717, 1.165) is 16.5 Å². The fraction of sp³-hybridized carbons (Fsp3) is 0.353. The van der Waals surface area contributed by atoms with Crippen LogP contribution in [0.2, 0.25) is 5.02 Å². The number of rotatable bonds is 6. The molecule has 8 heteroatoms. The van der Waals surface area contributed by atoms with Gasteiger partial charge in [-0.05, 0) is 18.4 Å². The van der Waals surface area contributed by atoms with E-state index in [-0.39, 0.29) is 4.88 Å². The summed E-state index contributed by atoms with van der Waals surface area (Å²) in [6.45, 7) is 3.97. The second-order valence-corrected chi connectivity index (χ2v) is 7.23. The molecule has 0 saturated heterocycles. The Morgan fingerprint density at radius 1 is 1.24 bits per heavy atom. The normalized spacial score (nSPS) is 10.7. The molecule has 2 N–H and O–H groups in total. The molecular weight excluding hydrogens is 364 g/mol. The van der Waals surface area contributed by atoms with Crippen LogP contribution in [0, 0.1) is 5.92 Å². The summed E-state index contributed by atoms with van der Waals surface area (Å²) in [4.78, 5) is 35.5. The van der Waals surface area contributed by atoms with Crippen molar-refractivity contribution in [3.05, 3.63) is 34.2 Å². The Labute approximate surface area is 154 Å². The average molecular weight is 383 g/mol. The number of halogens is 1. The van der Waals surface area contributed by atoms with E-state index in [1.807, 2.05) is 32.0 Å². The van der Waals surface area contributed by atoms with Crippen molar-refractivity contribution in [2.24, 2.45) is 5.92 Å². The van der Waals surface area contributed by atoms with Crippen LogP contribution in [-0.2, 0) is 9.53 Å². The monoisotopic (exact) mass is 382 g/mol. The standard InChI is InChI=1S/C17H19ClN2O4S/c1-10(2)7-8-19-17(23)20-13(21)9-24-16(22)15-14(18)11-5-3-4-6-12(11)25-15/h3-6,10H,7-9H2,1-2H3,(H2,19,20,21,23). The Kier molecular flexibility index (Phi) is 6.78. The summed E-state index contributed by atoms with van der Waals surface area (Å²) in [6.07, 6.45) is 0.807. The molecule has 0 spiro atoms. The maximum atomic E-state index is 12.1. The van der Waals surface area contributed by atoms with Crippen LogP contribution in [0.5, 0.6) is 0 Å². The molecule has 0 atom stereocenters. The molecule has 0 fully saturated rings. The molecule has 6 nitrogen and oxygen atoms in total. The number of imide groups is 1. The maximum Gasteiger partial charge on any atom is 0.350 e. The van der Waals surface area contributed by atoms with Gasteiger partial charge in [0.1, 0.15) is 4.88 Å². The van der Waals surface area contributed by atoms with E-state index in [0.29, 0.717) is 17.5 Å². The molecule has 3 amide bonds. The molecular formula is C17H19ClN2O4S. The summed E-state index contributed by atoms with van der Waals surface area (Å²) >= 11 is 7.37. The van der Waals surface area contributed by atoms with Crippen LogP contribution >= 0.6 is 22.9 Å². The lowest BCUT2D eigenvalue weighted by atomic mass is 10.1. The predicted octanol–water partition coefficient (Wildman–Crippen LogP) is 3.58. The number of esters is 1. The fourth-order valence-corrected chi connectivity index (χ4v) is 3.43. The number of nitrogens with one attached hydrogen (secondary N) is 2. The molecule has 134 valence electrons. The van der Waals surface area contributed by atoms with Crippen molar-refractivity contribution in [1.82, 2.24) is 10.6 Å². The molecule has 0 unspecified atom stereocenters. The van der Waals surface area contributed by atoms with Crippen molar-refractivity contribution in [2.75, 3.05) is 13.2 Å². The van der Waals surface area contributed by atoms with Gasteiger partial charge in [0.05, 0.1) is 5.02 Å². The van der Waals surface area contributed by atoms with E-state index >= 15 is 0 Å². The quantitative estimate of drug-likeness (QED) is 0.748. The number of hydrogen-bond acceptors (Lipinski definition) is 5. The second kappa shape index (κ2) is 8.82. The first kappa shape index (κ1) is 19.2. The number of fused-ring (bicyclic) bond motifs is 1. The summed E-state index contributed by atoms with van der Waals surface area (Å²) in [5.41, 5.74) is 0. The van der Waals surface area contributed by atoms with Gasteiger partial charge < -0.3 is 10.1 Å². The number of benzene rings is 1. The summed E-state index contributed by atoms with van der Waals surface area (Å²) in [5, 5.41) is 5.73. The fourth-order valence-electron chi connectivity index (χ4n) is 2.02. The molecule has 1 aromatic heterocycles. The molecule has 0 saturated carbocycles. The van der Waals surface area contributed by atoms with Crippen LogP contribution in [0.3, 0.4) is 0 Å². The SMILES string of the molecule is CC(C)CCNC(=O)NC(=O)COC(=O)c1sc2ccccc2c1Cl. The van der Waals surface area contributed by atoms with Crippen LogP contribution < -0.4 is 10.6 Å². The lowest BCUT2D eigenvalue weighted by Crippen LogP contribution is -2.41. The smallest absolute Gasteiger partial charge is 0.350 e. The van der Waals surface area contributed by atoms with Crippen molar-refractivity contribution in [3.8, 4) is 0 Å². The summed E-state index contributed by atoms with van der Waals surface area (Å²) < 4.78 is 5.79. The van der Waals surface area contributed by atoms with Gasteiger partial charge in [0, 0.05) is 16.6 Å². The van der Waals surface area contributed by atoms with Gasteiger partial charge in [-0.1, -0.05) is 43.6 Å². The molecule has 0 aliphatic heterocycles. The Morgan fingerprint density at radius 2 is 1.96 bits per heavy atom. The van der Waals surface area contributed by atoms with E-state index in [4.69, 9.17) is 16.3 Å². The van der Waals surface area contributed by atoms with E-state index in [1.54, 1.807) is 6.07 Å². The molecule has 1 heterocycles. The first-order valence-corrected chi connectivity index (χ1v) is 8.99. The largest absolute Gasteiger partial charge is 0.451 e. The second-order valence-electron chi connectivity index (χ2n) is 5.80. The van der Waals surface area contributed by atoms with Crippen LogP contribution in [-0.4, -0.2) is 31.1 Å². The molecule has 25 heavy (non-hydrogen) atoms. The zero-order chi connectivity index (χ0) is 18.4. The first-order chi connectivity index (χ1) is 11.9. The van der Waals surface area contributed by atoms with Gasteiger partial charge >= 0.3 is 12.0 Å². The highest BCUT2D eigenvalue weighted by molar-refractivity contribution is 7.21. The summed E-state index contributed by atoms with van der Waals surface area (Å²) in [5.74, 6) is -0.947. The number of carbonyl (C=O) groups excluding carboxylic acids is 3. The van der Waals surface area contributed by atoms with Crippen LogP contribution in [0.1, 0.15) is 29.9 Å². The van der Waals surface area contributed by atoms with Crippen LogP contribution in [0.4, 0.5) is 4.79 Å². The highest BCUT2D eigenvalue weighted by atomic mass is 35.5. The zero-order valence-electron chi connectivity index (χ0n) is 13.9. The highest BCUT2D eigenvalue weighted by Crippen LogP contribution is 2.35. The number of amides is 3. The Balaban J connectivity index is 1.83. The van der Waals surface area contributed by atoms with Crippen molar-refractivity contribution in [1.29, 1.82) is 0 Å². The predicted molar refractivity (Wildman–Crippen MR) is 98.1 cm³/mol. The van der Waals surface area contributed by atoms with Crippen molar-refractivity contribution in [3.63, 3.8) is 0 Å². The van der Waals surface area contributed by atoms with E-state index < -0.39 is 24.5 Å². The van der Waals surface area contributed by atoms with Crippen LogP contribution in [0.25, 0.3) is 10.1 Å². The number of carbonyl (C=O) groups is 3. The highest BCUT2D eigenvalue weighted by Gasteiger charge is 2.19. The molecule has 1 aromatic carbocycles. The van der Waals surface area contributed by atoms with Gasteiger partial charge in [-0.25, -0.2) is 9.59 Å². The number of hydrogen-bond donors (Lipinski definition) is 2. The maximum absolute atomic E-state index is 12.1. The molecule has 0 bridgehead atoms. The Morgan fingerprint density at radius 3 is 2.64 bits per heavy atom. The number of ether oxygens (including phenoxy) is 1. The summed E-state index contributed by atoms with van der Waals surface area (Å²) in [7, 11) is 0. The molecule has 0 aliphatic rings. The topological polar surface area (TPSA) is 84.5 Å². The van der Waals surface area contributed by atoms with Gasteiger partial charge in [-0.3, -0.25) is 10.1 Å². The molecule has 2 aromatic rings. The molecule has 0 aliphatic carbocycles. The third-order valence-electron chi connectivity index (χ3n) is 3.31. The van der Waals surface area contributed by atoms with Gasteiger partial charge in [0.25, 0.3) is 5.91 Å². The van der Waals surface area contributed by atoms with E-state index in [2.05, 4.69) is 10.6 Å². The Bertz CT molecular complexity index is 788. The minimum atomic E-state index is -0.701. The number of urea groups is 1. The van der Waals surface area contributed by atoms with Crippen molar-refractivity contribution in [2.45, 2.75) is 20.3 Å². The lowest BCUT2D eigenvalue weighted by molar-refractivity contribution is -0.123. The molecule has 0 radical (unpaired) electrons. The van der Waals surface area contributed by atoms with E-state index in [9.17, 15) is 14.4 Å². The minimum absolute atomic E-state index is 0.233.